The molecule has 0 saturated heterocycles. The van der Waals surface area contributed by atoms with Crippen molar-refractivity contribution in [2.75, 3.05) is 6.54 Å². The minimum absolute atomic E-state index is 0.122. The molecule has 14 heavy (non-hydrogen) atoms. The number of ether oxygens (including phenoxy) is 1. The van der Waals surface area contributed by atoms with Crippen molar-refractivity contribution in [3.05, 3.63) is 0 Å². The Labute approximate surface area is 98.1 Å². The van der Waals surface area contributed by atoms with E-state index in [-0.39, 0.29) is 12.2 Å². The number of nitrogens with one attached hydrogen (secondary N) is 1. The number of carbonyl (C=O) groups excluding carboxylic acids is 1. The van der Waals surface area contributed by atoms with Gasteiger partial charge in [0, 0.05) is 22.6 Å². The predicted molar refractivity (Wildman–Crippen MR) is 63.2 cm³/mol. The summed E-state index contributed by atoms with van der Waals surface area (Å²) in [6, 6.07) is 0. The number of halogens is 1. The van der Waals surface area contributed by atoms with Crippen LogP contribution in [0.1, 0.15) is 32.1 Å². The summed E-state index contributed by atoms with van der Waals surface area (Å²) in [6.07, 6.45) is 5.41. The van der Waals surface area contributed by atoms with Gasteiger partial charge in [-0.3, -0.25) is 0 Å². The standard InChI is InChI=1S/C10H14INO2/c11-7-4-8-12-10(13)14-9-5-2-1-3-6-9/h9H,1-3,5-6,8H2,(H,12,13). The van der Waals surface area contributed by atoms with Gasteiger partial charge in [-0.1, -0.05) is 12.3 Å². The molecule has 0 bridgehead atoms. The van der Waals surface area contributed by atoms with Gasteiger partial charge in [0.15, 0.2) is 0 Å². The molecule has 0 radical (unpaired) electrons. The molecule has 4 heteroatoms. The van der Waals surface area contributed by atoms with Crippen LogP contribution >= 0.6 is 22.6 Å². The smallest absolute Gasteiger partial charge is 0.408 e. The molecule has 1 rings (SSSR count). The zero-order valence-corrected chi connectivity index (χ0v) is 10.2. The highest BCUT2D eigenvalue weighted by atomic mass is 127. The van der Waals surface area contributed by atoms with Crippen LogP contribution in [0.15, 0.2) is 0 Å². The molecular weight excluding hydrogens is 293 g/mol. The molecule has 1 N–H and O–H groups in total. The number of hydrogen-bond donors (Lipinski definition) is 1. The molecular formula is C10H14INO2. The van der Waals surface area contributed by atoms with Gasteiger partial charge in [-0.15, -0.1) is 0 Å². The van der Waals surface area contributed by atoms with Crippen molar-refractivity contribution in [3.8, 4) is 9.85 Å². The Morgan fingerprint density at radius 1 is 1.43 bits per heavy atom. The lowest BCUT2D eigenvalue weighted by Gasteiger charge is -2.21. The summed E-state index contributed by atoms with van der Waals surface area (Å²) in [5, 5.41) is 2.59. The van der Waals surface area contributed by atoms with Gasteiger partial charge in [0.25, 0.3) is 0 Å². The van der Waals surface area contributed by atoms with E-state index in [0.717, 1.165) is 12.8 Å². The Morgan fingerprint density at radius 2 is 2.14 bits per heavy atom. The molecule has 1 fully saturated rings. The molecule has 3 nitrogen and oxygen atoms in total. The summed E-state index contributed by atoms with van der Waals surface area (Å²) in [7, 11) is 0. The molecule has 1 amide bonds. The monoisotopic (exact) mass is 307 g/mol. The maximum absolute atomic E-state index is 11.2. The van der Waals surface area contributed by atoms with Crippen LogP contribution < -0.4 is 5.32 Å². The Morgan fingerprint density at radius 3 is 2.79 bits per heavy atom. The lowest BCUT2D eigenvalue weighted by molar-refractivity contribution is 0.0762. The van der Waals surface area contributed by atoms with Crippen molar-refractivity contribution < 1.29 is 9.53 Å². The van der Waals surface area contributed by atoms with Crippen LogP contribution in [0.4, 0.5) is 4.79 Å². The first kappa shape index (κ1) is 11.6. The van der Waals surface area contributed by atoms with Crippen LogP contribution in [0.5, 0.6) is 0 Å². The molecule has 0 aromatic rings. The minimum Gasteiger partial charge on any atom is -0.446 e. The lowest BCUT2D eigenvalue weighted by Crippen LogP contribution is -2.30. The Bertz CT molecular complexity index is 238. The summed E-state index contributed by atoms with van der Waals surface area (Å²) >= 11 is 1.94. The minimum atomic E-state index is -0.337. The fourth-order valence-corrected chi connectivity index (χ4v) is 1.72. The number of hydrogen-bond acceptors (Lipinski definition) is 2. The van der Waals surface area contributed by atoms with Crippen LogP contribution in [0.2, 0.25) is 0 Å². The van der Waals surface area contributed by atoms with Gasteiger partial charge in [0.2, 0.25) is 0 Å². The Hall–Kier alpha value is -0.440. The van der Waals surface area contributed by atoms with E-state index in [1.165, 1.54) is 19.3 Å². The molecule has 0 heterocycles. The second-order valence-electron chi connectivity index (χ2n) is 3.29. The van der Waals surface area contributed by atoms with E-state index < -0.39 is 0 Å². The molecule has 0 atom stereocenters. The fourth-order valence-electron chi connectivity index (χ4n) is 1.53. The third-order valence-corrected chi connectivity index (χ3v) is 2.60. The van der Waals surface area contributed by atoms with E-state index in [9.17, 15) is 4.79 Å². The number of rotatable bonds is 2. The van der Waals surface area contributed by atoms with Gasteiger partial charge in [-0.25, -0.2) is 4.79 Å². The highest BCUT2D eigenvalue weighted by molar-refractivity contribution is 14.1. The summed E-state index contributed by atoms with van der Waals surface area (Å²) in [5.41, 5.74) is 0. The fraction of sp³-hybridized carbons (Fsp3) is 0.700. The Kier molecular flexibility index (Phi) is 5.76. The lowest BCUT2D eigenvalue weighted by atomic mass is 9.98. The largest absolute Gasteiger partial charge is 0.446 e. The van der Waals surface area contributed by atoms with E-state index in [0.29, 0.717) is 6.54 Å². The van der Waals surface area contributed by atoms with Gasteiger partial charge >= 0.3 is 6.09 Å². The van der Waals surface area contributed by atoms with E-state index in [2.05, 4.69) is 15.2 Å². The SMILES string of the molecule is O=C(NCC#CI)OC1CCCCC1. The molecule has 0 aromatic heterocycles. The molecule has 0 spiro atoms. The van der Waals surface area contributed by atoms with Crippen molar-refractivity contribution in [1.82, 2.24) is 5.32 Å². The molecule has 78 valence electrons. The maximum atomic E-state index is 11.2. The van der Waals surface area contributed by atoms with Crippen molar-refractivity contribution in [3.63, 3.8) is 0 Å². The quantitative estimate of drug-likeness (QED) is 0.628. The summed E-state index contributed by atoms with van der Waals surface area (Å²) in [5.74, 6) is 2.74. The van der Waals surface area contributed by atoms with Gasteiger partial charge in [-0.05, 0) is 29.6 Å². The summed E-state index contributed by atoms with van der Waals surface area (Å²) in [4.78, 5) is 11.2. The number of amides is 1. The average Bonchev–Trinajstić information content (AvgIpc) is 2.20. The Balaban J connectivity index is 2.14. The topological polar surface area (TPSA) is 38.3 Å². The van der Waals surface area contributed by atoms with Crippen LogP contribution in [0.3, 0.4) is 0 Å². The first-order valence-corrected chi connectivity index (χ1v) is 5.94. The van der Waals surface area contributed by atoms with Crippen molar-refractivity contribution in [2.24, 2.45) is 0 Å². The van der Waals surface area contributed by atoms with E-state index in [1.54, 1.807) is 0 Å². The van der Waals surface area contributed by atoms with Gasteiger partial charge in [-0.2, -0.15) is 0 Å². The molecule has 1 aliphatic carbocycles. The molecule has 0 aromatic carbocycles. The third-order valence-electron chi connectivity index (χ3n) is 2.21. The maximum Gasteiger partial charge on any atom is 0.408 e. The molecule has 1 aliphatic rings. The van der Waals surface area contributed by atoms with Gasteiger partial charge < -0.3 is 10.1 Å². The molecule has 0 unspecified atom stereocenters. The molecule has 0 aliphatic heterocycles. The number of alkyl carbamates (subject to hydrolysis) is 1. The third kappa shape index (κ3) is 4.70. The normalized spacial score (nSPS) is 16.6. The average molecular weight is 307 g/mol. The highest BCUT2D eigenvalue weighted by Crippen LogP contribution is 2.20. The van der Waals surface area contributed by atoms with Crippen LogP contribution in [-0.2, 0) is 4.74 Å². The summed E-state index contributed by atoms with van der Waals surface area (Å²) < 4.78 is 7.89. The zero-order chi connectivity index (χ0) is 10.2. The zero-order valence-electron chi connectivity index (χ0n) is 8.01. The van der Waals surface area contributed by atoms with E-state index in [1.807, 2.05) is 22.6 Å². The van der Waals surface area contributed by atoms with Crippen LogP contribution in [0, 0.1) is 9.85 Å². The van der Waals surface area contributed by atoms with Crippen molar-refractivity contribution in [1.29, 1.82) is 0 Å². The highest BCUT2D eigenvalue weighted by Gasteiger charge is 2.16. The van der Waals surface area contributed by atoms with Crippen LogP contribution in [0.25, 0.3) is 0 Å². The first-order chi connectivity index (χ1) is 6.83. The first-order valence-electron chi connectivity index (χ1n) is 4.86. The van der Waals surface area contributed by atoms with Gasteiger partial charge in [0.05, 0.1) is 6.54 Å². The van der Waals surface area contributed by atoms with Crippen molar-refractivity contribution in [2.45, 2.75) is 38.2 Å². The second kappa shape index (κ2) is 6.93. The van der Waals surface area contributed by atoms with Crippen LogP contribution in [-0.4, -0.2) is 18.7 Å². The number of carbonyl (C=O) groups is 1. The van der Waals surface area contributed by atoms with Crippen molar-refractivity contribution >= 4 is 28.7 Å². The summed E-state index contributed by atoms with van der Waals surface area (Å²) in [6.45, 7) is 0.370. The predicted octanol–water partition coefficient (Wildman–Crippen LogP) is 2.44. The molecule has 1 saturated carbocycles. The van der Waals surface area contributed by atoms with E-state index >= 15 is 0 Å². The second-order valence-corrected chi connectivity index (χ2v) is 3.83. The van der Waals surface area contributed by atoms with Gasteiger partial charge in [0.1, 0.15) is 6.10 Å². The van der Waals surface area contributed by atoms with E-state index in [4.69, 9.17) is 4.74 Å².